The quantitative estimate of drug-likeness (QED) is 0.431. The Balaban J connectivity index is 2.25. The van der Waals surface area contributed by atoms with Crippen LogP contribution in [-0.4, -0.2) is 57.0 Å². The lowest BCUT2D eigenvalue weighted by Crippen LogP contribution is -2.44. The van der Waals surface area contributed by atoms with E-state index in [2.05, 4.69) is 0 Å². The second-order valence-corrected chi connectivity index (χ2v) is 3.96. The van der Waals surface area contributed by atoms with E-state index in [0.717, 1.165) is 0 Å². The van der Waals surface area contributed by atoms with Gasteiger partial charge in [0.25, 0.3) is 0 Å². The van der Waals surface area contributed by atoms with Gasteiger partial charge < -0.3 is 20.1 Å². The summed E-state index contributed by atoms with van der Waals surface area (Å²) >= 11 is 0. The normalized spacial score (nSPS) is 57.0. The highest BCUT2D eigenvalue weighted by molar-refractivity contribution is 5.02. The number of hydrogen-bond acceptors (Lipinski definition) is 5. The molecule has 5 nitrogen and oxygen atoms in total. The van der Waals surface area contributed by atoms with Crippen molar-refractivity contribution in [2.24, 2.45) is 0 Å². The van der Waals surface area contributed by atoms with Gasteiger partial charge in [-0.1, -0.05) is 0 Å². The molecule has 0 aliphatic carbocycles. The summed E-state index contributed by atoms with van der Waals surface area (Å²) < 4.78 is 5.24. The first-order valence-electron chi connectivity index (χ1n) is 4.46. The summed E-state index contributed by atoms with van der Waals surface area (Å²) in [6.45, 7) is 3.55. The van der Waals surface area contributed by atoms with Crippen LogP contribution in [0.5, 0.6) is 0 Å². The lowest BCUT2D eigenvalue weighted by Gasteiger charge is -2.26. The molecule has 13 heavy (non-hydrogen) atoms. The van der Waals surface area contributed by atoms with Gasteiger partial charge in [0.05, 0.1) is 24.4 Å². The largest absolute Gasteiger partial charge is 0.389 e. The van der Waals surface area contributed by atoms with E-state index in [-0.39, 0.29) is 18.7 Å². The molecule has 1 unspecified atom stereocenters. The van der Waals surface area contributed by atoms with Gasteiger partial charge >= 0.3 is 0 Å². The standard InChI is InChI=1S/C8H15NO4/c1-4-6-7(11)5(10)3-9(6)8(2,12)13-4/h4-7,10-12H,3H2,1-2H3/t4-,5-,6+,7-,8?/m0/s1. The first kappa shape index (κ1) is 9.36. The van der Waals surface area contributed by atoms with Crippen LogP contribution in [0, 0.1) is 0 Å². The fraction of sp³-hybridized carbons (Fsp3) is 1.00. The van der Waals surface area contributed by atoms with E-state index in [0.29, 0.717) is 0 Å². The number of hydrogen-bond donors (Lipinski definition) is 3. The Morgan fingerprint density at radius 3 is 2.62 bits per heavy atom. The molecule has 2 saturated heterocycles. The second kappa shape index (κ2) is 2.65. The van der Waals surface area contributed by atoms with Crippen molar-refractivity contribution in [3.8, 4) is 0 Å². The zero-order valence-electron chi connectivity index (χ0n) is 7.71. The van der Waals surface area contributed by atoms with Crippen molar-refractivity contribution < 1.29 is 20.1 Å². The molecule has 2 rings (SSSR count). The van der Waals surface area contributed by atoms with Gasteiger partial charge in [0.1, 0.15) is 0 Å². The van der Waals surface area contributed by atoms with Gasteiger partial charge in [-0.25, -0.2) is 4.90 Å². The predicted molar refractivity (Wildman–Crippen MR) is 43.7 cm³/mol. The van der Waals surface area contributed by atoms with E-state index >= 15 is 0 Å². The third kappa shape index (κ3) is 1.19. The minimum Gasteiger partial charge on any atom is -0.389 e. The maximum atomic E-state index is 9.75. The molecule has 0 saturated carbocycles. The van der Waals surface area contributed by atoms with E-state index in [1.54, 1.807) is 11.8 Å². The van der Waals surface area contributed by atoms with Crippen LogP contribution in [0.2, 0.25) is 0 Å². The fourth-order valence-electron chi connectivity index (χ4n) is 2.31. The van der Waals surface area contributed by atoms with Crippen molar-refractivity contribution in [2.75, 3.05) is 6.54 Å². The molecule has 2 fully saturated rings. The summed E-state index contributed by atoms with van der Waals surface area (Å²) in [6.07, 6.45) is -1.88. The minimum atomic E-state index is -1.36. The average Bonchev–Trinajstić information content (AvgIpc) is 2.38. The first-order valence-corrected chi connectivity index (χ1v) is 4.46. The van der Waals surface area contributed by atoms with E-state index in [4.69, 9.17) is 4.74 Å². The van der Waals surface area contributed by atoms with Crippen molar-refractivity contribution in [3.05, 3.63) is 0 Å². The fourth-order valence-corrected chi connectivity index (χ4v) is 2.31. The Labute approximate surface area is 76.5 Å². The molecular formula is C8H15NO4. The van der Waals surface area contributed by atoms with E-state index < -0.39 is 18.1 Å². The number of rotatable bonds is 0. The molecule has 2 aliphatic heterocycles. The molecule has 0 aromatic heterocycles. The summed E-state index contributed by atoms with van der Waals surface area (Å²) in [7, 11) is 0. The van der Waals surface area contributed by atoms with Crippen LogP contribution in [0.25, 0.3) is 0 Å². The topological polar surface area (TPSA) is 73.2 Å². The molecule has 76 valence electrons. The molecule has 2 heterocycles. The van der Waals surface area contributed by atoms with Gasteiger partial charge in [0.2, 0.25) is 5.91 Å². The van der Waals surface area contributed by atoms with Crippen molar-refractivity contribution in [3.63, 3.8) is 0 Å². The van der Waals surface area contributed by atoms with Gasteiger partial charge in [0.15, 0.2) is 0 Å². The number of aliphatic hydroxyl groups is 3. The van der Waals surface area contributed by atoms with Gasteiger partial charge in [-0.3, -0.25) is 0 Å². The lowest BCUT2D eigenvalue weighted by atomic mass is 10.1. The molecule has 2 aliphatic rings. The summed E-state index contributed by atoms with van der Waals surface area (Å²) in [6, 6.07) is -0.301. The SMILES string of the molecule is C[C@@H]1OC(C)(O)N2C[C@H](O)[C@H](O)[C@@H]12. The first-order chi connectivity index (χ1) is 5.93. The van der Waals surface area contributed by atoms with Crippen LogP contribution in [0.3, 0.4) is 0 Å². The van der Waals surface area contributed by atoms with Crippen molar-refractivity contribution in [2.45, 2.75) is 44.1 Å². The monoisotopic (exact) mass is 189 g/mol. The molecule has 0 bridgehead atoms. The number of aliphatic hydroxyl groups excluding tert-OH is 2. The molecule has 0 amide bonds. The van der Waals surface area contributed by atoms with Crippen LogP contribution in [0.4, 0.5) is 0 Å². The van der Waals surface area contributed by atoms with Crippen molar-refractivity contribution in [1.82, 2.24) is 4.90 Å². The van der Waals surface area contributed by atoms with Crippen molar-refractivity contribution >= 4 is 0 Å². The van der Waals surface area contributed by atoms with E-state index in [1.807, 2.05) is 0 Å². The smallest absolute Gasteiger partial charge is 0.225 e. The zero-order chi connectivity index (χ0) is 9.80. The molecule has 0 radical (unpaired) electrons. The third-order valence-electron chi connectivity index (χ3n) is 2.91. The van der Waals surface area contributed by atoms with Gasteiger partial charge in [-0.15, -0.1) is 0 Å². The minimum absolute atomic E-state index is 0.253. The van der Waals surface area contributed by atoms with Crippen LogP contribution in [0.1, 0.15) is 13.8 Å². The van der Waals surface area contributed by atoms with Crippen LogP contribution >= 0.6 is 0 Å². The highest BCUT2D eigenvalue weighted by Gasteiger charge is 2.56. The van der Waals surface area contributed by atoms with Crippen LogP contribution in [0.15, 0.2) is 0 Å². The van der Waals surface area contributed by atoms with E-state index in [1.165, 1.54) is 6.92 Å². The maximum Gasteiger partial charge on any atom is 0.225 e. The Hall–Kier alpha value is -0.200. The summed E-state index contributed by atoms with van der Waals surface area (Å²) in [4.78, 5) is 1.59. The maximum absolute atomic E-state index is 9.75. The van der Waals surface area contributed by atoms with E-state index in [9.17, 15) is 15.3 Å². The Morgan fingerprint density at radius 1 is 1.46 bits per heavy atom. The third-order valence-corrected chi connectivity index (χ3v) is 2.91. The lowest BCUT2D eigenvalue weighted by molar-refractivity contribution is -0.242. The van der Waals surface area contributed by atoms with Gasteiger partial charge in [-0.2, -0.15) is 0 Å². The van der Waals surface area contributed by atoms with Crippen LogP contribution in [-0.2, 0) is 4.74 Å². The molecule has 0 spiro atoms. The highest BCUT2D eigenvalue weighted by atomic mass is 16.7. The molecule has 0 aromatic carbocycles. The average molecular weight is 189 g/mol. The Bertz CT molecular complexity index is 220. The summed E-state index contributed by atoms with van der Waals surface area (Å²) in [5.74, 6) is -1.36. The van der Waals surface area contributed by atoms with Gasteiger partial charge in [-0.05, 0) is 6.92 Å². The highest BCUT2D eigenvalue weighted by Crippen LogP contribution is 2.37. The Kier molecular flexibility index (Phi) is 1.91. The Morgan fingerprint density at radius 2 is 2.08 bits per heavy atom. The molecule has 5 atom stereocenters. The summed E-state index contributed by atoms with van der Waals surface area (Å²) in [5.41, 5.74) is 0. The van der Waals surface area contributed by atoms with Gasteiger partial charge in [0, 0.05) is 13.5 Å². The molecule has 5 heteroatoms. The number of fused-ring (bicyclic) bond motifs is 1. The molecular weight excluding hydrogens is 174 g/mol. The summed E-state index contributed by atoms with van der Waals surface area (Å²) in [5, 5.41) is 28.7. The van der Waals surface area contributed by atoms with Crippen molar-refractivity contribution in [1.29, 1.82) is 0 Å². The zero-order valence-corrected chi connectivity index (χ0v) is 7.71. The molecule has 0 aromatic rings. The predicted octanol–water partition coefficient (Wildman–Crippen LogP) is -1.52. The van der Waals surface area contributed by atoms with Crippen LogP contribution < -0.4 is 0 Å². The molecule has 3 N–H and O–H groups in total. The second-order valence-electron chi connectivity index (χ2n) is 3.96. The number of nitrogens with zero attached hydrogens (tertiary/aromatic N) is 1. The number of ether oxygens (including phenoxy) is 1.